The first kappa shape index (κ1) is 18.5. The molecule has 0 heterocycles. The minimum Gasteiger partial charge on any atom is -0.497 e. The standard InChI is InChI=1S/C23H23NO3/c1-17(19-12-14-20(26-2)15-13-19)24-23(25)21-10-6-7-11-22(21)27-16-18-8-4-3-5-9-18/h3-15,17H,16H2,1-2H3,(H,24,25). The number of carbonyl (C=O) groups is 1. The van der Waals surface area contributed by atoms with Crippen molar-refractivity contribution in [3.63, 3.8) is 0 Å². The van der Waals surface area contributed by atoms with Crippen molar-refractivity contribution in [3.05, 3.63) is 95.6 Å². The van der Waals surface area contributed by atoms with Crippen LogP contribution in [0.4, 0.5) is 0 Å². The highest BCUT2D eigenvalue weighted by atomic mass is 16.5. The molecule has 4 nitrogen and oxygen atoms in total. The van der Waals surface area contributed by atoms with E-state index in [1.165, 1.54) is 0 Å². The van der Waals surface area contributed by atoms with Crippen LogP contribution in [0.3, 0.4) is 0 Å². The Morgan fingerprint density at radius 1 is 0.926 bits per heavy atom. The summed E-state index contributed by atoms with van der Waals surface area (Å²) in [5.74, 6) is 1.19. The average Bonchev–Trinajstić information content (AvgIpc) is 2.73. The van der Waals surface area contributed by atoms with Crippen molar-refractivity contribution in [2.24, 2.45) is 0 Å². The number of hydrogen-bond acceptors (Lipinski definition) is 3. The fourth-order valence-electron chi connectivity index (χ4n) is 2.77. The molecular formula is C23H23NO3. The predicted molar refractivity (Wildman–Crippen MR) is 106 cm³/mol. The molecular weight excluding hydrogens is 338 g/mol. The van der Waals surface area contributed by atoms with Crippen LogP contribution >= 0.6 is 0 Å². The van der Waals surface area contributed by atoms with Crippen LogP contribution in [0.25, 0.3) is 0 Å². The molecule has 0 spiro atoms. The maximum atomic E-state index is 12.8. The highest BCUT2D eigenvalue weighted by Gasteiger charge is 2.15. The number of benzene rings is 3. The lowest BCUT2D eigenvalue weighted by Crippen LogP contribution is -2.27. The zero-order valence-electron chi connectivity index (χ0n) is 15.5. The maximum Gasteiger partial charge on any atom is 0.255 e. The Bertz CT molecular complexity index is 876. The Morgan fingerprint density at radius 3 is 2.30 bits per heavy atom. The normalized spacial score (nSPS) is 11.5. The van der Waals surface area contributed by atoms with Gasteiger partial charge < -0.3 is 14.8 Å². The van der Waals surface area contributed by atoms with Crippen molar-refractivity contribution >= 4 is 5.91 Å². The molecule has 0 radical (unpaired) electrons. The summed E-state index contributed by atoms with van der Waals surface area (Å²) < 4.78 is 11.1. The highest BCUT2D eigenvalue weighted by molar-refractivity contribution is 5.97. The van der Waals surface area contributed by atoms with E-state index >= 15 is 0 Å². The fraction of sp³-hybridized carbons (Fsp3) is 0.174. The zero-order valence-corrected chi connectivity index (χ0v) is 15.5. The quantitative estimate of drug-likeness (QED) is 0.660. The number of amides is 1. The largest absolute Gasteiger partial charge is 0.497 e. The van der Waals surface area contributed by atoms with Crippen LogP contribution in [0.1, 0.15) is 34.5 Å². The molecule has 4 heteroatoms. The molecule has 3 aromatic carbocycles. The molecule has 0 saturated carbocycles. The van der Waals surface area contributed by atoms with Crippen molar-refractivity contribution in [3.8, 4) is 11.5 Å². The summed E-state index contributed by atoms with van der Waals surface area (Å²) >= 11 is 0. The zero-order chi connectivity index (χ0) is 19.1. The van der Waals surface area contributed by atoms with Gasteiger partial charge >= 0.3 is 0 Å². The van der Waals surface area contributed by atoms with Crippen LogP contribution in [0.15, 0.2) is 78.9 Å². The summed E-state index contributed by atoms with van der Waals surface area (Å²) in [6, 6.07) is 24.7. The monoisotopic (exact) mass is 361 g/mol. The van der Waals surface area contributed by atoms with Crippen LogP contribution in [-0.2, 0) is 6.61 Å². The molecule has 1 atom stereocenters. The molecule has 0 fully saturated rings. The van der Waals surface area contributed by atoms with Crippen molar-refractivity contribution in [1.29, 1.82) is 0 Å². The molecule has 1 N–H and O–H groups in total. The number of para-hydroxylation sites is 1. The summed E-state index contributed by atoms with van der Waals surface area (Å²) in [7, 11) is 1.63. The molecule has 0 aliphatic carbocycles. The fourth-order valence-corrected chi connectivity index (χ4v) is 2.77. The third-order valence-corrected chi connectivity index (χ3v) is 4.33. The molecule has 3 aromatic rings. The van der Waals surface area contributed by atoms with Gasteiger partial charge in [0, 0.05) is 0 Å². The van der Waals surface area contributed by atoms with Gasteiger partial charge in [-0.1, -0.05) is 54.6 Å². The van der Waals surface area contributed by atoms with Gasteiger partial charge in [-0.05, 0) is 42.3 Å². The third-order valence-electron chi connectivity index (χ3n) is 4.33. The molecule has 1 unspecified atom stereocenters. The molecule has 0 aliphatic rings. The summed E-state index contributed by atoms with van der Waals surface area (Å²) in [4.78, 5) is 12.8. The van der Waals surface area contributed by atoms with Gasteiger partial charge in [0.15, 0.2) is 0 Å². The number of rotatable bonds is 7. The number of carbonyl (C=O) groups excluding carboxylic acids is 1. The second-order valence-electron chi connectivity index (χ2n) is 6.24. The SMILES string of the molecule is COc1ccc(C(C)NC(=O)c2ccccc2OCc2ccccc2)cc1. The predicted octanol–water partition coefficient (Wildman–Crippen LogP) is 4.77. The van der Waals surface area contributed by atoms with E-state index in [2.05, 4.69) is 5.32 Å². The Balaban J connectivity index is 1.68. The molecule has 0 aromatic heterocycles. The van der Waals surface area contributed by atoms with E-state index in [1.807, 2.05) is 79.7 Å². The number of methoxy groups -OCH3 is 1. The minimum atomic E-state index is -0.165. The van der Waals surface area contributed by atoms with E-state index in [-0.39, 0.29) is 11.9 Å². The first-order valence-corrected chi connectivity index (χ1v) is 8.88. The second kappa shape index (κ2) is 8.90. The smallest absolute Gasteiger partial charge is 0.255 e. The highest BCUT2D eigenvalue weighted by Crippen LogP contribution is 2.22. The summed E-state index contributed by atoms with van der Waals surface area (Å²) in [5, 5.41) is 3.03. The molecule has 3 rings (SSSR count). The van der Waals surface area contributed by atoms with Gasteiger partial charge in [0.25, 0.3) is 5.91 Å². The Labute approximate surface area is 159 Å². The van der Waals surface area contributed by atoms with E-state index in [1.54, 1.807) is 13.2 Å². The molecule has 1 amide bonds. The van der Waals surface area contributed by atoms with Gasteiger partial charge in [0.05, 0.1) is 18.7 Å². The van der Waals surface area contributed by atoms with Crippen LogP contribution < -0.4 is 14.8 Å². The van der Waals surface area contributed by atoms with Crippen LogP contribution in [0.5, 0.6) is 11.5 Å². The van der Waals surface area contributed by atoms with Crippen molar-refractivity contribution in [2.75, 3.05) is 7.11 Å². The first-order valence-electron chi connectivity index (χ1n) is 8.88. The lowest BCUT2D eigenvalue weighted by atomic mass is 10.1. The third kappa shape index (κ3) is 4.88. The second-order valence-corrected chi connectivity index (χ2v) is 6.24. The van der Waals surface area contributed by atoms with E-state index in [0.29, 0.717) is 17.9 Å². The van der Waals surface area contributed by atoms with E-state index in [4.69, 9.17) is 9.47 Å². The summed E-state index contributed by atoms with van der Waals surface area (Å²) in [6.45, 7) is 2.37. The van der Waals surface area contributed by atoms with Crippen LogP contribution in [0, 0.1) is 0 Å². The van der Waals surface area contributed by atoms with Gasteiger partial charge in [-0.2, -0.15) is 0 Å². The van der Waals surface area contributed by atoms with Gasteiger partial charge in [-0.25, -0.2) is 0 Å². The summed E-state index contributed by atoms with van der Waals surface area (Å²) in [5.41, 5.74) is 2.58. The molecule has 0 aliphatic heterocycles. The van der Waals surface area contributed by atoms with Gasteiger partial charge in [-0.15, -0.1) is 0 Å². The number of ether oxygens (including phenoxy) is 2. The van der Waals surface area contributed by atoms with Gasteiger partial charge in [0.1, 0.15) is 18.1 Å². The average molecular weight is 361 g/mol. The summed E-state index contributed by atoms with van der Waals surface area (Å²) in [6.07, 6.45) is 0. The topological polar surface area (TPSA) is 47.6 Å². The Kier molecular flexibility index (Phi) is 6.10. The maximum absolute atomic E-state index is 12.8. The van der Waals surface area contributed by atoms with Crippen LogP contribution in [0.2, 0.25) is 0 Å². The van der Waals surface area contributed by atoms with Crippen molar-refractivity contribution in [1.82, 2.24) is 5.32 Å². The molecule has 0 saturated heterocycles. The minimum absolute atomic E-state index is 0.134. The number of hydrogen-bond donors (Lipinski definition) is 1. The molecule has 0 bridgehead atoms. The lowest BCUT2D eigenvalue weighted by Gasteiger charge is -2.17. The number of nitrogens with one attached hydrogen (secondary N) is 1. The van der Waals surface area contributed by atoms with Crippen molar-refractivity contribution < 1.29 is 14.3 Å². The van der Waals surface area contributed by atoms with Crippen molar-refractivity contribution in [2.45, 2.75) is 19.6 Å². The van der Waals surface area contributed by atoms with Crippen LogP contribution in [-0.4, -0.2) is 13.0 Å². The van der Waals surface area contributed by atoms with E-state index in [9.17, 15) is 4.79 Å². The van der Waals surface area contributed by atoms with Gasteiger partial charge in [0.2, 0.25) is 0 Å². The lowest BCUT2D eigenvalue weighted by molar-refractivity contribution is 0.0935. The first-order chi connectivity index (χ1) is 13.2. The Morgan fingerprint density at radius 2 is 1.59 bits per heavy atom. The van der Waals surface area contributed by atoms with E-state index < -0.39 is 0 Å². The van der Waals surface area contributed by atoms with E-state index in [0.717, 1.165) is 16.9 Å². The molecule has 27 heavy (non-hydrogen) atoms. The van der Waals surface area contributed by atoms with Gasteiger partial charge in [-0.3, -0.25) is 4.79 Å². The molecule has 138 valence electrons. The Hall–Kier alpha value is -3.27.